The fourth-order valence-corrected chi connectivity index (χ4v) is 2.08. The molecule has 88 valence electrons. The average molecular weight is 249 g/mol. The number of phenols is 1. The van der Waals surface area contributed by atoms with Gasteiger partial charge in [0.2, 0.25) is 10.0 Å². The van der Waals surface area contributed by atoms with Gasteiger partial charge in [-0.15, -0.1) is 0 Å². The highest BCUT2D eigenvalue weighted by molar-refractivity contribution is 7.89. The molecule has 0 aliphatic carbocycles. The number of aromatic hydroxyl groups is 1. The number of primary sulfonamides is 1. The molecule has 2 rings (SSSR count). The number of sulfonamides is 1. The minimum atomic E-state index is -3.76. The summed E-state index contributed by atoms with van der Waals surface area (Å²) in [5.74, 6) is 0.0172. The molecule has 0 saturated carbocycles. The monoisotopic (exact) mass is 249 g/mol. The van der Waals surface area contributed by atoms with Gasteiger partial charge in [-0.05, 0) is 23.8 Å². The molecule has 0 aliphatic heterocycles. The Labute approximate surface area is 99.4 Å². The van der Waals surface area contributed by atoms with Crippen LogP contribution in [0.15, 0.2) is 53.4 Å². The zero-order valence-corrected chi connectivity index (χ0v) is 9.68. The Bertz CT molecular complexity index is 636. The Balaban J connectivity index is 2.63. The zero-order chi connectivity index (χ0) is 12.5. The summed E-state index contributed by atoms with van der Waals surface area (Å²) in [4.78, 5) is -0.0193. The second-order valence-corrected chi connectivity index (χ2v) is 5.15. The second-order valence-electron chi connectivity index (χ2n) is 3.59. The van der Waals surface area contributed by atoms with Crippen LogP contribution in [0.5, 0.6) is 5.75 Å². The highest BCUT2D eigenvalue weighted by atomic mass is 32.2. The summed E-state index contributed by atoms with van der Waals surface area (Å²) in [5, 5.41) is 14.8. The van der Waals surface area contributed by atoms with Gasteiger partial charge in [-0.25, -0.2) is 13.6 Å². The summed E-state index contributed by atoms with van der Waals surface area (Å²) >= 11 is 0. The molecule has 4 nitrogen and oxygen atoms in total. The first-order valence-corrected chi connectivity index (χ1v) is 6.44. The topological polar surface area (TPSA) is 80.4 Å². The van der Waals surface area contributed by atoms with Gasteiger partial charge in [0, 0.05) is 5.56 Å². The normalized spacial score (nSPS) is 11.4. The Hall–Kier alpha value is -1.85. The number of hydrogen-bond donors (Lipinski definition) is 2. The van der Waals surface area contributed by atoms with E-state index in [4.69, 9.17) is 5.14 Å². The molecule has 0 saturated heterocycles. The van der Waals surface area contributed by atoms with Crippen LogP contribution >= 0.6 is 0 Å². The van der Waals surface area contributed by atoms with Gasteiger partial charge in [0.05, 0.1) is 4.90 Å². The molecule has 0 bridgehead atoms. The summed E-state index contributed by atoms with van der Waals surface area (Å²) < 4.78 is 22.4. The van der Waals surface area contributed by atoms with Crippen molar-refractivity contribution in [3.8, 4) is 16.9 Å². The van der Waals surface area contributed by atoms with E-state index in [-0.39, 0.29) is 10.6 Å². The lowest BCUT2D eigenvalue weighted by molar-refractivity contribution is 0.477. The molecule has 2 aromatic rings. The lowest BCUT2D eigenvalue weighted by Gasteiger charge is -2.06. The van der Waals surface area contributed by atoms with E-state index in [2.05, 4.69) is 0 Å². The third-order valence-corrected chi connectivity index (χ3v) is 3.29. The van der Waals surface area contributed by atoms with E-state index in [9.17, 15) is 13.5 Å². The Morgan fingerprint density at radius 2 is 1.65 bits per heavy atom. The second kappa shape index (κ2) is 4.20. The predicted molar refractivity (Wildman–Crippen MR) is 64.9 cm³/mol. The Kier molecular flexibility index (Phi) is 2.87. The quantitative estimate of drug-likeness (QED) is 0.850. The highest BCUT2D eigenvalue weighted by Crippen LogP contribution is 2.30. The van der Waals surface area contributed by atoms with Crippen LogP contribution in [0.3, 0.4) is 0 Å². The zero-order valence-electron chi connectivity index (χ0n) is 8.87. The lowest BCUT2D eigenvalue weighted by atomic mass is 10.1. The molecule has 0 aromatic heterocycles. The van der Waals surface area contributed by atoms with Crippen molar-refractivity contribution < 1.29 is 13.5 Å². The summed E-state index contributed by atoms with van der Waals surface area (Å²) in [5.41, 5.74) is 1.17. The first-order chi connectivity index (χ1) is 7.98. The van der Waals surface area contributed by atoms with Crippen molar-refractivity contribution in [1.82, 2.24) is 0 Å². The van der Waals surface area contributed by atoms with Gasteiger partial charge in [-0.2, -0.15) is 0 Å². The minimum Gasteiger partial charge on any atom is -0.507 e. The van der Waals surface area contributed by atoms with Gasteiger partial charge in [0.25, 0.3) is 0 Å². The number of rotatable bonds is 2. The number of hydrogen-bond acceptors (Lipinski definition) is 3. The van der Waals surface area contributed by atoms with Gasteiger partial charge in [-0.1, -0.05) is 30.3 Å². The van der Waals surface area contributed by atoms with Gasteiger partial charge < -0.3 is 5.11 Å². The van der Waals surface area contributed by atoms with Crippen LogP contribution in [0, 0.1) is 0 Å². The third kappa shape index (κ3) is 2.46. The van der Waals surface area contributed by atoms with Crippen LogP contribution in [0.4, 0.5) is 0 Å². The first kappa shape index (κ1) is 11.6. The minimum absolute atomic E-state index is 0.0172. The van der Waals surface area contributed by atoms with E-state index in [1.807, 2.05) is 6.07 Å². The Morgan fingerprint density at radius 1 is 1.00 bits per heavy atom. The molecule has 0 amide bonds. The largest absolute Gasteiger partial charge is 0.507 e. The van der Waals surface area contributed by atoms with E-state index < -0.39 is 10.0 Å². The fourth-order valence-electron chi connectivity index (χ4n) is 1.54. The smallest absolute Gasteiger partial charge is 0.238 e. The van der Waals surface area contributed by atoms with Crippen molar-refractivity contribution >= 4 is 10.0 Å². The van der Waals surface area contributed by atoms with E-state index >= 15 is 0 Å². The summed E-state index contributed by atoms with van der Waals surface area (Å²) in [6.45, 7) is 0. The van der Waals surface area contributed by atoms with Crippen LogP contribution < -0.4 is 5.14 Å². The van der Waals surface area contributed by atoms with Gasteiger partial charge in [0.15, 0.2) is 0 Å². The van der Waals surface area contributed by atoms with E-state index in [1.165, 1.54) is 18.2 Å². The number of nitrogens with two attached hydrogens (primary N) is 1. The maximum absolute atomic E-state index is 11.2. The average Bonchev–Trinajstić information content (AvgIpc) is 2.29. The summed E-state index contributed by atoms with van der Waals surface area (Å²) in [6, 6.07) is 13.0. The highest BCUT2D eigenvalue weighted by Gasteiger charge is 2.11. The maximum atomic E-state index is 11.2. The lowest BCUT2D eigenvalue weighted by Crippen LogP contribution is -2.11. The van der Waals surface area contributed by atoms with Crippen molar-refractivity contribution in [2.75, 3.05) is 0 Å². The molecule has 0 radical (unpaired) electrons. The summed E-state index contributed by atoms with van der Waals surface area (Å²) in [7, 11) is -3.76. The molecule has 2 aromatic carbocycles. The van der Waals surface area contributed by atoms with Crippen LogP contribution in [0.2, 0.25) is 0 Å². The molecule has 0 heterocycles. The van der Waals surface area contributed by atoms with E-state index in [0.717, 1.165) is 5.56 Å². The standard InChI is InChI=1S/C12H11NO3S/c13-17(15,16)10-6-7-12(14)11(8-10)9-4-2-1-3-5-9/h1-8,14H,(H2,13,15,16). The number of phenolic OH excluding ortho intramolecular Hbond substituents is 1. The molecule has 0 fully saturated rings. The first-order valence-electron chi connectivity index (χ1n) is 4.90. The van der Waals surface area contributed by atoms with E-state index in [0.29, 0.717) is 5.56 Å². The predicted octanol–water partition coefficient (Wildman–Crippen LogP) is 1.71. The molecule has 0 spiro atoms. The molecule has 0 atom stereocenters. The van der Waals surface area contributed by atoms with Crippen LogP contribution in [-0.2, 0) is 10.0 Å². The molecule has 5 heteroatoms. The SMILES string of the molecule is NS(=O)(=O)c1ccc(O)c(-c2ccccc2)c1. The van der Waals surface area contributed by atoms with Crippen LogP contribution in [0.1, 0.15) is 0 Å². The third-order valence-electron chi connectivity index (χ3n) is 2.38. The van der Waals surface area contributed by atoms with Gasteiger partial charge in [0.1, 0.15) is 5.75 Å². The van der Waals surface area contributed by atoms with Crippen molar-refractivity contribution in [1.29, 1.82) is 0 Å². The Morgan fingerprint density at radius 3 is 2.24 bits per heavy atom. The molecular formula is C12H11NO3S. The van der Waals surface area contributed by atoms with Crippen molar-refractivity contribution in [2.24, 2.45) is 5.14 Å². The van der Waals surface area contributed by atoms with Crippen molar-refractivity contribution in [3.63, 3.8) is 0 Å². The van der Waals surface area contributed by atoms with Crippen LogP contribution in [0.25, 0.3) is 11.1 Å². The molecule has 3 N–H and O–H groups in total. The van der Waals surface area contributed by atoms with Crippen LogP contribution in [-0.4, -0.2) is 13.5 Å². The van der Waals surface area contributed by atoms with Gasteiger partial charge >= 0.3 is 0 Å². The van der Waals surface area contributed by atoms with Gasteiger partial charge in [-0.3, -0.25) is 0 Å². The maximum Gasteiger partial charge on any atom is 0.238 e. The van der Waals surface area contributed by atoms with E-state index in [1.54, 1.807) is 24.3 Å². The molecule has 0 unspecified atom stereocenters. The number of benzene rings is 2. The van der Waals surface area contributed by atoms with Crippen molar-refractivity contribution in [2.45, 2.75) is 4.90 Å². The summed E-state index contributed by atoms with van der Waals surface area (Å²) in [6.07, 6.45) is 0. The van der Waals surface area contributed by atoms with Crippen molar-refractivity contribution in [3.05, 3.63) is 48.5 Å². The molecular weight excluding hydrogens is 238 g/mol. The molecule has 17 heavy (non-hydrogen) atoms. The molecule has 0 aliphatic rings. The fraction of sp³-hybridized carbons (Fsp3) is 0.